The van der Waals surface area contributed by atoms with Crippen molar-refractivity contribution in [1.29, 1.82) is 0 Å². The predicted molar refractivity (Wildman–Crippen MR) is 106 cm³/mol. The fourth-order valence-electron chi connectivity index (χ4n) is 3.56. The molecule has 0 N–H and O–H groups in total. The Morgan fingerprint density at radius 2 is 1.79 bits per heavy atom. The fourth-order valence-corrected chi connectivity index (χ4v) is 3.56. The maximum atomic E-state index is 12.3. The van der Waals surface area contributed by atoms with Gasteiger partial charge in [-0.2, -0.15) is 0 Å². The average molecular weight is 331 g/mol. The molecule has 0 aliphatic heterocycles. The molecule has 1 rings (SSSR count). The van der Waals surface area contributed by atoms with Gasteiger partial charge in [-0.05, 0) is 56.3 Å². The van der Waals surface area contributed by atoms with Crippen LogP contribution in [0.25, 0.3) is 0 Å². The topological polar surface area (TPSA) is 17.1 Å². The second-order valence-electron chi connectivity index (χ2n) is 9.44. The van der Waals surface area contributed by atoms with Crippen LogP contribution in [-0.2, 0) is 4.79 Å². The number of ketones is 1. The molecule has 0 spiro atoms. The Hall–Kier alpha value is -1.11. The van der Waals surface area contributed by atoms with Crippen LogP contribution in [0.1, 0.15) is 81.1 Å². The van der Waals surface area contributed by atoms with Gasteiger partial charge in [-0.3, -0.25) is 4.79 Å². The smallest absolute Gasteiger partial charge is 0.137 e. The van der Waals surface area contributed by atoms with Crippen molar-refractivity contribution in [3.8, 4) is 0 Å². The van der Waals surface area contributed by atoms with Gasteiger partial charge in [0.1, 0.15) is 5.78 Å². The van der Waals surface area contributed by atoms with E-state index in [-0.39, 0.29) is 16.7 Å². The summed E-state index contributed by atoms with van der Waals surface area (Å²) in [4.78, 5) is 12.3. The van der Waals surface area contributed by atoms with Gasteiger partial charge in [0.2, 0.25) is 0 Å². The molecule has 0 saturated carbocycles. The molecule has 0 amide bonds. The number of carbonyl (C=O) groups is 1. The van der Waals surface area contributed by atoms with Crippen molar-refractivity contribution in [2.24, 2.45) is 22.7 Å². The molecule has 1 aliphatic rings. The van der Waals surface area contributed by atoms with E-state index in [1.165, 1.54) is 16.7 Å². The molecule has 1 aliphatic carbocycles. The van der Waals surface area contributed by atoms with Crippen LogP contribution in [0.15, 0.2) is 35.5 Å². The Kier molecular flexibility index (Phi) is 6.84. The van der Waals surface area contributed by atoms with Gasteiger partial charge < -0.3 is 0 Å². The second kappa shape index (κ2) is 7.85. The molecule has 0 aromatic rings. The lowest BCUT2D eigenvalue weighted by atomic mass is 9.69. The van der Waals surface area contributed by atoms with Crippen LogP contribution in [0.5, 0.6) is 0 Å². The van der Waals surface area contributed by atoms with E-state index in [9.17, 15) is 4.79 Å². The van der Waals surface area contributed by atoms with E-state index in [1.807, 2.05) is 0 Å². The van der Waals surface area contributed by atoms with Crippen LogP contribution in [0.4, 0.5) is 0 Å². The minimum absolute atomic E-state index is 0.0436. The Balaban J connectivity index is 2.96. The molecule has 0 aromatic carbocycles. The van der Waals surface area contributed by atoms with Gasteiger partial charge in [0.05, 0.1) is 0 Å². The lowest BCUT2D eigenvalue weighted by Gasteiger charge is -2.35. The molecule has 1 heteroatoms. The van der Waals surface area contributed by atoms with E-state index < -0.39 is 0 Å². The number of hydrogen-bond donors (Lipinski definition) is 0. The van der Waals surface area contributed by atoms with Gasteiger partial charge in [-0.1, -0.05) is 77.0 Å². The summed E-state index contributed by atoms with van der Waals surface area (Å²) in [5.74, 6) is 0.712. The molecule has 0 bridgehead atoms. The third-order valence-corrected chi connectivity index (χ3v) is 5.59. The van der Waals surface area contributed by atoms with Gasteiger partial charge >= 0.3 is 0 Å². The molecule has 2 atom stereocenters. The van der Waals surface area contributed by atoms with E-state index in [4.69, 9.17) is 0 Å². The molecule has 0 fully saturated rings. The van der Waals surface area contributed by atoms with Crippen LogP contribution >= 0.6 is 0 Å². The zero-order valence-electron chi connectivity index (χ0n) is 17.3. The van der Waals surface area contributed by atoms with Crippen molar-refractivity contribution in [2.45, 2.75) is 81.1 Å². The standard InChI is InChI=1S/C23H38O/c1-10-18(12-11-16(2)22(4,5)6)20-14-13-19(23(7,8)9)15-21(20)17(3)24/h10,15,20-21H,2,11-14H2,1,3-9H3/b18-10+/t20-,21?/m0/s1. The number of rotatable bonds is 5. The van der Waals surface area contributed by atoms with Crippen LogP contribution in [0.2, 0.25) is 0 Å². The normalized spacial score (nSPS) is 23.0. The first kappa shape index (κ1) is 20.9. The molecular formula is C23H38O. The highest BCUT2D eigenvalue weighted by Crippen LogP contribution is 2.42. The van der Waals surface area contributed by atoms with Crippen LogP contribution in [0, 0.1) is 22.7 Å². The highest BCUT2D eigenvalue weighted by Gasteiger charge is 2.33. The van der Waals surface area contributed by atoms with Crippen molar-refractivity contribution in [3.05, 3.63) is 35.5 Å². The van der Waals surface area contributed by atoms with Gasteiger partial charge in [0.15, 0.2) is 0 Å². The average Bonchev–Trinajstić information content (AvgIpc) is 2.45. The van der Waals surface area contributed by atoms with Crippen LogP contribution in [0.3, 0.4) is 0 Å². The monoisotopic (exact) mass is 330 g/mol. The first-order valence-electron chi connectivity index (χ1n) is 9.43. The van der Waals surface area contributed by atoms with Crippen LogP contribution < -0.4 is 0 Å². The third-order valence-electron chi connectivity index (χ3n) is 5.59. The number of allylic oxidation sites excluding steroid dienone is 5. The number of carbonyl (C=O) groups excluding carboxylic acids is 1. The van der Waals surface area contributed by atoms with Gasteiger partial charge in [0, 0.05) is 5.92 Å². The summed E-state index contributed by atoms with van der Waals surface area (Å²) < 4.78 is 0. The van der Waals surface area contributed by atoms with Crippen molar-refractivity contribution >= 4 is 5.78 Å². The van der Waals surface area contributed by atoms with Crippen molar-refractivity contribution in [1.82, 2.24) is 0 Å². The van der Waals surface area contributed by atoms with Crippen molar-refractivity contribution < 1.29 is 4.79 Å². The van der Waals surface area contributed by atoms with E-state index in [0.29, 0.717) is 11.7 Å². The molecule has 0 heterocycles. The number of hydrogen-bond acceptors (Lipinski definition) is 1. The summed E-state index contributed by atoms with van der Waals surface area (Å²) in [6.45, 7) is 21.6. The fraction of sp³-hybridized carbons (Fsp3) is 0.696. The van der Waals surface area contributed by atoms with Crippen molar-refractivity contribution in [2.75, 3.05) is 0 Å². The van der Waals surface area contributed by atoms with E-state index in [2.05, 4.69) is 67.2 Å². The van der Waals surface area contributed by atoms with Gasteiger partial charge in [-0.25, -0.2) is 0 Å². The molecule has 24 heavy (non-hydrogen) atoms. The maximum Gasteiger partial charge on any atom is 0.137 e. The maximum absolute atomic E-state index is 12.3. The summed E-state index contributed by atoms with van der Waals surface area (Å²) >= 11 is 0. The van der Waals surface area contributed by atoms with Crippen LogP contribution in [-0.4, -0.2) is 5.78 Å². The molecule has 0 radical (unpaired) electrons. The minimum atomic E-state index is 0.0436. The third kappa shape index (κ3) is 5.46. The Bertz CT molecular complexity index is 531. The molecule has 0 aromatic heterocycles. The lowest BCUT2D eigenvalue weighted by Crippen LogP contribution is -2.28. The molecular weight excluding hydrogens is 292 g/mol. The Morgan fingerprint density at radius 1 is 1.21 bits per heavy atom. The Labute approximate surface area is 150 Å². The zero-order valence-corrected chi connectivity index (χ0v) is 17.3. The van der Waals surface area contributed by atoms with E-state index in [0.717, 1.165) is 25.7 Å². The largest absolute Gasteiger partial charge is 0.299 e. The summed E-state index contributed by atoms with van der Waals surface area (Å²) in [5, 5.41) is 0. The lowest BCUT2D eigenvalue weighted by molar-refractivity contribution is -0.120. The Morgan fingerprint density at radius 3 is 2.21 bits per heavy atom. The molecule has 1 unspecified atom stereocenters. The van der Waals surface area contributed by atoms with Crippen molar-refractivity contribution in [3.63, 3.8) is 0 Å². The zero-order chi connectivity index (χ0) is 18.7. The molecule has 1 nitrogen and oxygen atoms in total. The SMILES string of the molecule is C=C(CC/C(=C\C)[C@@H]1CCC(C(C)(C)C)=CC1C(C)=O)C(C)(C)C. The first-order valence-corrected chi connectivity index (χ1v) is 9.43. The highest BCUT2D eigenvalue weighted by molar-refractivity contribution is 5.81. The van der Waals surface area contributed by atoms with Gasteiger partial charge in [0.25, 0.3) is 0 Å². The molecule has 136 valence electrons. The summed E-state index contributed by atoms with van der Waals surface area (Å²) in [6, 6.07) is 0. The number of Topliss-reactive ketones (excluding diaryl/α,β-unsaturated/α-hetero) is 1. The minimum Gasteiger partial charge on any atom is -0.299 e. The van der Waals surface area contributed by atoms with E-state index >= 15 is 0 Å². The van der Waals surface area contributed by atoms with E-state index in [1.54, 1.807) is 6.92 Å². The first-order chi connectivity index (χ1) is 10.9. The highest BCUT2D eigenvalue weighted by atomic mass is 16.1. The predicted octanol–water partition coefficient (Wildman–Crippen LogP) is 6.90. The second-order valence-corrected chi connectivity index (χ2v) is 9.44. The quantitative estimate of drug-likeness (QED) is 0.501. The summed E-state index contributed by atoms with van der Waals surface area (Å²) in [7, 11) is 0. The summed E-state index contributed by atoms with van der Waals surface area (Å²) in [6.07, 6.45) is 8.76. The van der Waals surface area contributed by atoms with Gasteiger partial charge in [-0.15, -0.1) is 0 Å². The summed E-state index contributed by atoms with van der Waals surface area (Å²) in [5.41, 5.74) is 4.49. The molecule has 0 saturated heterocycles.